The fourth-order valence-electron chi connectivity index (χ4n) is 4.73. The first-order valence-electron chi connectivity index (χ1n) is 11.5. The van der Waals surface area contributed by atoms with Gasteiger partial charge in [0, 0.05) is 23.3 Å². The van der Waals surface area contributed by atoms with Crippen molar-refractivity contribution in [3.8, 4) is 0 Å². The molecular weight excluding hydrogens is 450 g/mol. The van der Waals surface area contributed by atoms with E-state index < -0.39 is 21.5 Å². The van der Waals surface area contributed by atoms with Gasteiger partial charge >= 0.3 is 0 Å². The topological polar surface area (TPSA) is 86.8 Å². The summed E-state index contributed by atoms with van der Waals surface area (Å²) in [7, 11) is -3.65. The number of anilines is 1. The van der Waals surface area contributed by atoms with E-state index in [1.807, 2.05) is 0 Å². The summed E-state index contributed by atoms with van der Waals surface area (Å²) in [6.45, 7) is 4.86. The normalized spacial score (nSPS) is 23.8. The minimum absolute atomic E-state index is 0.0295. The third-order valence-electron chi connectivity index (χ3n) is 6.55. The molecule has 0 aromatic heterocycles. The zero-order chi connectivity index (χ0) is 23.5. The van der Waals surface area contributed by atoms with E-state index in [0.29, 0.717) is 22.7 Å². The molecule has 0 spiro atoms. The molecular formula is C23H34ClN3O4S. The van der Waals surface area contributed by atoms with Crippen LogP contribution in [0.2, 0.25) is 5.02 Å². The van der Waals surface area contributed by atoms with E-state index in [1.54, 1.807) is 39.0 Å². The molecule has 1 N–H and O–H groups in total. The molecule has 1 aromatic rings. The van der Waals surface area contributed by atoms with Gasteiger partial charge in [-0.25, -0.2) is 8.42 Å². The maximum absolute atomic E-state index is 13.7. The molecule has 1 saturated carbocycles. The van der Waals surface area contributed by atoms with Crippen LogP contribution in [0.3, 0.4) is 0 Å². The Bertz CT molecular complexity index is 960. The van der Waals surface area contributed by atoms with Crippen molar-refractivity contribution >= 4 is 39.1 Å². The van der Waals surface area contributed by atoms with Gasteiger partial charge in [-0.05, 0) is 50.8 Å². The van der Waals surface area contributed by atoms with Gasteiger partial charge in [0.25, 0.3) is 0 Å². The summed E-state index contributed by atoms with van der Waals surface area (Å²) in [5.74, 6) is -0.815. The fraction of sp³-hybridized carbons (Fsp3) is 0.652. The van der Waals surface area contributed by atoms with E-state index in [0.717, 1.165) is 38.5 Å². The first kappa shape index (κ1) is 25.0. The highest BCUT2D eigenvalue weighted by Crippen LogP contribution is 2.35. The van der Waals surface area contributed by atoms with Gasteiger partial charge in [0.1, 0.15) is 5.54 Å². The van der Waals surface area contributed by atoms with Crippen LogP contribution < -0.4 is 10.2 Å². The zero-order valence-corrected chi connectivity index (χ0v) is 20.8. The molecule has 1 atom stereocenters. The fourth-order valence-corrected chi connectivity index (χ4v) is 6.43. The van der Waals surface area contributed by atoms with Crippen LogP contribution in [-0.4, -0.2) is 55.0 Å². The number of hydrogen-bond acceptors (Lipinski definition) is 4. The Hall–Kier alpha value is -1.64. The number of halogens is 1. The van der Waals surface area contributed by atoms with E-state index in [-0.39, 0.29) is 30.8 Å². The molecule has 1 saturated heterocycles. The van der Waals surface area contributed by atoms with E-state index >= 15 is 0 Å². The van der Waals surface area contributed by atoms with Gasteiger partial charge in [0.05, 0.1) is 12.3 Å². The van der Waals surface area contributed by atoms with Crippen molar-refractivity contribution in [1.29, 1.82) is 0 Å². The largest absolute Gasteiger partial charge is 0.351 e. The van der Waals surface area contributed by atoms with Crippen molar-refractivity contribution in [2.24, 2.45) is 0 Å². The quantitative estimate of drug-likeness (QED) is 0.626. The molecule has 0 radical (unpaired) electrons. The standard InChI is InChI=1S/C23H34ClN3O4S/c1-4-14-32(30,31)26-15-21(28)27(20-13-9-12-19(24)17(20)2)23(3,16-26)22(29)25-18-10-7-5-6-8-11-18/h9,12-13,18H,4-8,10-11,14-16H2,1-3H3,(H,25,29)/t23-/m0/s1. The average molecular weight is 484 g/mol. The molecule has 1 aliphatic heterocycles. The van der Waals surface area contributed by atoms with E-state index in [4.69, 9.17) is 11.6 Å². The zero-order valence-electron chi connectivity index (χ0n) is 19.2. The molecule has 1 aliphatic carbocycles. The maximum atomic E-state index is 13.7. The number of nitrogens with one attached hydrogen (secondary N) is 1. The van der Waals surface area contributed by atoms with Crippen LogP contribution in [0.25, 0.3) is 0 Å². The van der Waals surface area contributed by atoms with Crippen LogP contribution in [0, 0.1) is 6.92 Å². The van der Waals surface area contributed by atoms with Crippen molar-refractivity contribution in [3.05, 3.63) is 28.8 Å². The Kier molecular flexibility index (Phi) is 7.89. The van der Waals surface area contributed by atoms with Gasteiger partial charge in [-0.3, -0.25) is 14.5 Å². The van der Waals surface area contributed by atoms with Crippen molar-refractivity contribution < 1.29 is 18.0 Å². The van der Waals surface area contributed by atoms with Crippen LogP contribution in [0.4, 0.5) is 5.69 Å². The maximum Gasteiger partial charge on any atom is 0.247 e. The lowest BCUT2D eigenvalue weighted by Gasteiger charge is -2.47. The van der Waals surface area contributed by atoms with Crippen molar-refractivity contribution in [2.45, 2.75) is 77.3 Å². The summed E-state index contributed by atoms with van der Waals surface area (Å²) < 4.78 is 26.9. The van der Waals surface area contributed by atoms with E-state index in [2.05, 4.69) is 5.32 Å². The summed E-state index contributed by atoms with van der Waals surface area (Å²) in [5, 5.41) is 3.63. The lowest BCUT2D eigenvalue weighted by Crippen LogP contribution is -2.71. The second kappa shape index (κ2) is 10.1. The number of sulfonamides is 1. The molecule has 9 heteroatoms. The van der Waals surface area contributed by atoms with Crippen LogP contribution in [0.5, 0.6) is 0 Å². The minimum atomic E-state index is -3.65. The molecule has 3 rings (SSSR count). The average Bonchev–Trinajstić information content (AvgIpc) is 2.99. The molecule has 7 nitrogen and oxygen atoms in total. The highest BCUT2D eigenvalue weighted by Gasteiger charge is 2.51. The highest BCUT2D eigenvalue weighted by molar-refractivity contribution is 7.89. The molecule has 0 unspecified atom stereocenters. The molecule has 1 heterocycles. The van der Waals surface area contributed by atoms with E-state index in [1.165, 1.54) is 9.21 Å². The number of hydrogen-bond donors (Lipinski definition) is 1. The van der Waals surface area contributed by atoms with Crippen LogP contribution in [0.1, 0.15) is 64.4 Å². The molecule has 178 valence electrons. The second-order valence-corrected chi connectivity index (χ2v) is 11.6. The van der Waals surface area contributed by atoms with Crippen molar-refractivity contribution in [1.82, 2.24) is 9.62 Å². The monoisotopic (exact) mass is 483 g/mol. The van der Waals surface area contributed by atoms with Crippen molar-refractivity contribution in [3.63, 3.8) is 0 Å². The summed E-state index contributed by atoms with van der Waals surface area (Å²) >= 11 is 6.32. The number of carbonyl (C=O) groups is 2. The number of rotatable bonds is 6. The SMILES string of the molecule is CCCS(=O)(=O)N1CC(=O)N(c2cccc(Cl)c2C)[C@](C)(C(=O)NC2CCCCCC2)C1. The van der Waals surface area contributed by atoms with Gasteiger partial charge in [-0.1, -0.05) is 50.3 Å². The summed E-state index contributed by atoms with van der Waals surface area (Å²) in [4.78, 5) is 28.5. The molecule has 0 bridgehead atoms. The number of piperazine rings is 1. The smallest absolute Gasteiger partial charge is 0.247 e. The summed E-state index contributed by atoms with van der Waals surface area (Å²) in [6, 6.07) is 5.26. The third kappa shape index (κ3) is 5.13. The molecule has 1 aromatic carbocycles. The predicted molar refractivity (Wildman–Crippen MR) is 127 cm³/mol. The van der Waals surface area contributed by atoms with E-state index in [9.17, 15) is 18.0 Å². The van der Waals surface area contributed by atoms with Crippen LogP contribution in [-0.2, 0) is 19.6 Å². The Labute approximate surface area is 196 Å². The highest BCUT2D eigenvalue weighted by atomic mass is 35.5. The summed E-state index contributed by atoms with van der Waals surface area (Å²) in [6.07, 6.45) is 6.63. The molecule has 2 fully saturated rings. The number of carbonyl (C=O) groups excluding carboxylic acids is 2. The van der Waals surface area contributed by atoms with Crippen LogP contribution >= 0.6 is 11.6 Å². The van der Waals surface area contributed by atoms with Crippen LogP contribution in [0.15, 0.2) is 18.2 Å². The summed E-state index contributed by atoms with van der Waals surface area (Å²) in [5.41, 5.74) is -0.174. The van der Waals surface area contributed by atoms with Gasteiger partial charge in [-0.2, -0.15) is 4.31 Å². The molecule has 2 amide bonds. The Morgan fingerprint density at radius 2 is 1.88 bits per heavy atom. The minimum Gasteiger partial charge on any atom is -0.351 e. The van der Waals surface area contributed by atoms with Crippen molar-refractivity contribution in [2.75, 3.05) is 23.7 Å². The Morgan fingerprint density at radius 3 is 2.50 bits per heavy atom. The first-order chi connectivity index (χ1) is 15.1. The number of amides is 2. The Balaban J connectivity index is 2.01. The third-order valence-corrected chi connectivity index (χ3v) is 8.93. The second-order valence-electron chi connectivity index (χ2n) is 9.13. The predicted octanol–water partition coefficient (Wildman–Crippen LogP) is 3.63. The Morgan fingerprint density at radius 1 is 1.22 bits per heavy atom. The van der Waals surface area contributed by atoms with Gasteiger partial charge in [-0.15, -0.1) is 0 Å². The number of benzene rings is 1. The van der Waals surface area contributed by atoms with Gasteiger partial charge < -0.3 is 5.32 Å². The van der Waals surface area contributed by atoms with Gasteiger partial charge in [0.15, 0.2) is 0 Å². The molecule has 2 aliphatic rings. The van der Waals surface area contributed by atoms with Gasteiger partial charge in [0.2, 0.25) is 21.8 Å². The lowest BCUT2D eigenvalue weighted by molar-refractivity contribution is -0.133. The first-order valence-corrected chi connectivity index (χ1v) is 13.5. The lowest BCUT2D eigenvalue weighted by atomic mass is 9.92. The molecule has 32 heavy (non-hydrogen) atoms. The number of nitrogens with zero attached hydrogens (tertiary/aromatic N) is 2.